The van der Waals surface area contributed by atoms with Crippen molar-refractivity contribution < 1.29 is 9.53 Å². The number of hydrazone groups is 1. The molecule has 29 heavy (non-hydrogen) atoms. The van der Waals surface area contributed by atoms with Crippen LogP contribution in [-0.4, -0.2) is 30.4 Å². The quantitative estimate of drug-likeness (QED) is 0.844. The smallest absolute Gasteiger partial charge is 0.262 e. The number of rotatable bonds is 3. The van der Waals surface area contributed by atoms with Gasteiger partial charge in [-0.15, -0.1) is 0 Å². The molecule has 1 aliphatic carbocycles. The van der Waals surface area contributed by atoms with Gasteiger partial charge in [0, 0.05) is 17.3 Å². The Morgan fingerprint density at radius 3 is 2.76 bits per heavy atom. The number of nitrogens with zero attached hydrogens (tertiary/aromatic N) is 3. The maximum atomic E-state index is 12.2. The lowest BCUT2D eigenvalue weighted by Crippen LogP contribution is -2.55. The zero-order valence-corrected chi connectivity index (χ0v) is 16.1. The van der Waals surface area contributed by atoms with Gasteiger partial charge in [0.1, 0.15) is 18.4 Å². The van der Waals surface area contributed by atoms with Crippen molar-refractivity contribution in [3.05, 3.63) is 42.0 Å². The van der Waals surface area contributed by atoms with Crippen LogP contribution in [0, 0.1) is 11.3 Å². The van der Waals surface area contributed by atoms with Crippen molar-refractivity contribution in [2.45, 2.75) is 38.3 Å². The highest BCUT2D eigenvalue weighted by molar-refractivity contribution is 6.10. The number of ether oxygens (including phenoxy) is 1. The molecule has 0 aromatic heterocycles. The number of benzene rings is 2. The summed E-state index contributed by atoms with van der Waals surface area (Å²) in [6.45, 7) is 2.17. The fourth-order valence-electron chi connectivity index (χ4n) is 3.93. The molecule has 3 aliphatic rings. The average molecular weight is 387 g/mol. The molecule has 2 N–H and O–H groups in total. The molecular weight excluding hydrogens is 366 g/mol. The highest BCUT2D eigenvalue weighted by Crippen LogP contribution is 2.43. The second-order valence-corrected chi connectivity index (χ2v) is 7.67. The zero-order chi connectivity index (χ0) is 20.0. The highest BCUT2D eigenvalue weighted by Gasteiger charge is 2.36. The van der Waals surface area contributed by atoms with Gasteiger partial charge in [-0.3, -0.25) is 4.79 Å². The van der Waals surface area contributed by atoms with E-state index in [0.717, 1.165) is 41.1 Å². The largest absolute Gasteiger partial charge is 0.483 e. The van der Waals surface area contributed by atoms with Crippen molar-refractivity contribution >= 4 is 23.1 Å². The molecule has 2 heterocycles. The summed E-state index contributed by atoms with van der Waals surface area (Å²) in [6.07, 6.45) is 3.53. The number of nitriles is 1. The van der Waals surface area contributed by atoms with E-state index >= 15 is 0 Å². The molecule has 2 aromatic carbocycles. The number of amides is 1. The van der Waals surface area contributed by atoms with E-state index in [4.69, 9.17) is 10.00 Å². The summed E-state index contributed by atoms with van der Waals surface area (Å²) in [6, 6.07) is 13.9. The van der Waals surface area contributed by atoms with Gasteiger partial charge >= 0.3 is 0 Å². The van der Waals surface area contributed by atoms with E-state index in [2.05, 4.69) is 28.0 Å². The Hall–Kier alpha value is -3.53. The summed E-state index contributed by atoms with van der Waals surface area (Å²) in [4.78, 5) is 14.1. The monoisotopic (exact) mass is 387 g/mol. The molecule has 2 aromatic rings. The highest BCUT2D eigenvalue weighted by atomic mass is 16.5. The normalized spacial score (nSPS) is 20.3. The maximum Gasteiger partial charge on any atom is 0.262 e. The predicted octanol–water partition coefficient (Wildman–Crippen LogP) is 3.22. The van der Waals surface area contributed by atoms with Crippen molar-refractivity contribution in [3.8, 4) is 22.9 Å². The Morgan fingerprint density at radius 2 is 2.07 bits per heavy atom. The van der Waals surface area contributed by atoms with Gasteiger partial charge in [-0.25, -0.2) is 5.43 Å². The summed E-state index contributed by atoms with van der Waals surface area (Å²) in [7, 11) is 0. The number of fused-ring (bicyclic) bond motifs is 3. The van der Waals surface area contributed by atoms with Crippen LogP contribution in [0.5, 0.6) is 5.75 Å². The molecular formula is C22H21N5O2. The first-order valence-electron chi connectivity index (χ1n) is 9.87. The lowest BCUT2D eigenvalue weighted by Gasteiger charge is -2.39. The molecule has 1 saturated carbocycles. The molecule has 0 radical (unpaired) electrons. The molecule has 1 fully saturated rings. The van der Waals surface area contributed by atoms with Crippen molar-refractivity contribution in [1.82, 2.24) is 5.43 Å². The van der Waals surface area contributed by atoms with Crippen LogP contribution in [-0.2, 0) is 4.79 Å². The Kier molecular flexibility index (Phi) is 4.13. The van der Waals surface area contributed by atoms with Crippen LogP contribution >= 0.6 is 0 Å². The lowest BCUT2D eigenvalue weighted by molar-refractivity contribution is -0.122. The third-order valence-corrected chi connectivity index (χ3v) is 5.85. The average Bonchev–Trinajstić information content (AvgIpc) is 2.72. The van der Waals surface area contributed by atoms with Gasteiger partial charge in [0.2, 0.25) is 0 Å². The maximum absolute atomic E-state index is 12.2. The van der Waals surface area contributed by atoms with Gasteiger partial charge in [-0.2, -0.15) is 10.4 Å². The lowest BCUT2D eigenvalue weighted by atomic mass is 9.91. The fraction of sp³-hybridized carbons (Fsp3) is 0.318. The van der Waals surface area contributed by atoms with Crippen molar-refractivity contribution in [2.24, 2.45) is 5.10 Å². The Bertz CT molecular complexity index is 1050. The van der Waals surface area contributed by atoms with Gasteiger partial charge in [0.25, 0.3) is 5.91 Å². The number of nitrogens with one attached hydrogen (secondary N) is 2. The third kappa shape index (κ3) is 2.97. The first-order valence-corrected chi connectivity index (χ1v) is 9.87. The van der Waals surface area contributed by atoms with Gasteiger partial charge in [0.05, 0.1) is 17.3 Å². The zero-order valence-electron chi connectivity index (χ0n) is 16.1. The molecule has 1 unspecified atom stereocenters. The van der Waals surface area contributed by atoms with E-state index in [-0.39, 0.29) is 11.9 Å². The number of amidine groups is 1. The number of carbonyl (C=O) groups is 1. The molecule has 1 amide bonds. The topological polar surface area (TPSA) is 89.7 Å². The summed E-state index contributed by atoms with van der Waals surface area (Å²) in [5.41, 5.74) is 7.07. The van der Waals surface area contributed by atoms with Crippen molar-refractivity contribution in [1.29, 1.82) is 5.26 Å². The van der Waals surface area contributed by atoms with E-state index in [1.807, 2.05) is 42.2 Å². The number of hydrogen-bond donors (Lipinski definition) is 2. The molecule has 2 aliphatic heterocycles. The van der Waals surface area contributed by atoms with Crippen LogP contribution in [0.3, 0.4) is 0 Å². The molecule has 5 rings (SSSR count). The van der Waals surface area contributed by atoms with E-state index < -0.39 is 0 Å². The van der Waals surface area contributed by atoms with E-state index in [1.54, 1.807) is 0 Å². The summed E-state index contributed by atoms with van der Waals surface area (Å²) < 4.78 is 5.98. The second-order valence-electron chi connectivity index (χ2n) is 7.67. The number of carbonyl (C=O) groups excluding carboxylic acids is 1. The van der Waals surface area contributed by atoms with Gasteiger partial charge in [-0.05, 0) is 56.0 Å². The molecule has 0 saturated heterocycles. The Morgan fingerprint density at radius 1 is 1.28 bits per heavy atom. The molecule has 0 spiro atoms. The van der Waals surface area contributed by atoms with E-state index in [9.17, 15) is 4.79 Å². The molecule has 7 heteroatoms. The van der Waals surface area contributed by atoms with Crippen LogP contribution in [0.25, 0.3) is 11.1 Å². The van der Waals surface area contributed by atoms with Gasteiger partial charge < -0.3 is 15.0 Å². The summed E-state index contributed by atoms with van der Waals surface area (Å²) >= 11 is 0. The molecule has 0 bridgehead atoms. The van der Waals surface area contributed by atoms with Crippen molar-refractivity contribution in [3.63, 3.8) is 0 Å². The SMILES string of the molecule is CC1C(=O)NN=C2COc3cc(-c4ccc(C#N)cc4)c(NC4CCC4)cc3N21. The van der Waals surface area contributed by atoms with Crippen LogP contribution < -0.4 is 20.4 Å². The summed E-state index contributed by atoms with van der Waals surface area (Å²) in [5, 5.41) is 16.9. The van der Waals surface area contributed by atoms with Gasteiger partial charge in [0.15, 0.2) is 5.84 Å². The molecule has 1 atom stereocenters. The summed E-state index contributed by atoms with van der Waals surface area (Å²) in [5.74, 6) is 1.29. The van der Waals surface area contributed by atoms with E-state index in [0.29, 0.717) is 24.0 Å². The van der Waals surface area contributed by atoms with Crippen LogP contribution in [0.15, 0.2) is 41.5 Å². The van der Waals surface area contributed by atoms with Crippen molar-refractivity contribution in [2.75, 3.05) is 16.8 Å². The van der Waals surface area contributed by atoms with E-state index in [1.165, 1.54) is 6.42 Å². The fourth-order valence-corrected chi connectivity index (χ4v) is 3.93. The minimum absolute atomic E-state index is 0.133. The first kappa shape index (κ1) is 17.6. The Labute approximate surface area is 169 Å². The van der Waals surface area contributed by atoms with Crippen LogP contribution in [0.4, 0.5) is 11.4 Å². The number of anilines is 2. The predicted molar refractivity (Wildman–Crippen MR) is 111 cm³/mol. The van der Waals surface area contributed by atoms with Crippen LogP contribution in [0.2, 0.25) is 0 Å². The minimum atomic E-state index is -0.359. The Balaban J connectivity index is 1.62. The molecule has 7 nitrogen and oxygen atoms in total. The minimum Gasteiger partial charge on any atom is -0.483 e. The second kappa shape index (κ2) is 6.82. The third-order valence-electron chi connectivity index (χ3n) is 5.85. The molecule has 146 valence electrons. The first-order chi connectivity index (χ1) is 14.1. The van der Waals surface area contributed by atoms with Gasteiger partial charge in [-0.1, -0.05) is 12.1 Å². The number of hydrogen-bond acceptors (Lipinski definition) is 6. The van der Waals surface area contributed by atoms with Crippen LogP contribution in [0.1, 0.15) is 31.7 Å². The standard InChI is InChI=1S/C22H21N5O2/c1-13-22(28)26-25-21-12-29-20-9-17(15-7-5-14(11-23)6-8-15)18(10-19(20)27(13)21)24-16-3-2-4-16/h5-10,13,16,24H,2-4,12H2,1H3,(H,26,28).